The van der Waals surface area contributed by atoms with Gasteiger partial charge in [-0.15, -0.1) is 0 Å². The average molecular weight is 414 g/mol. The summed E-state index contributed by atoms with van der Waals surface area (Å²) in [6.45, 7) is 0. The predicted molar refractivity (Wildman–Crippen MR) is 97.7 cm³/mol. The van der Waals surface area contributed by atoms with E-state index in [9.17, 15) is 17.8 Å². The Bertz CT molecular complexity index is 971. The first-order chi connectivity index (χ1) is 12.3. The normalized spacial score (nSPS) is 20.2. The minimum absolute atomic E-state index is 0. The van der Waals surface area contributed by atoms with E-state index < -0.39 is 15.9 Å². The Hall–Kier alpha value is -1.43. The minimum atomic E-state index is -4.36. The number of nitrogens with zero attached hydrogens (tertiary/aromatic N) is 4. The molecule has 0 radical (unpaired) electrons. The molecule has 11 heteroatoms. The third-order valence-electron chi connectivity index (χ3n) is 3.73. The van der Waals surface area contributed by atoms with Gasteiger partial charge in [0, 0.05) is 26.0 Å². The first-order valence-corrected chi connectivity index (χ1v) is 9.95. The van der Waals surface area contributed by atoms with E-state index >= 15 is 0 Å². The Morgan fingerprint density at radius 1 is 1.26 bits per heavy atom. The molecule has 1 aromatic rings. The maximum absolute atomic E-state index is 12.4. The topological polar surface area (TPSA) is 106 Å². The number of aromatic nitrogens is 1. The van der Waals surface area contributed by atoms with Crippen molar-refractivity contribution in [3.8, 4) is 0 Å². The molecule has 1 aromatic heterocycles. The van der Waals surface area contributed by atoms with E-state index in [1.54, 1.807) is 54.9 Å². The van der Waals surface area contributed by atoms with Crippen molar-refractivity contribution in [3.05, 3.63) is 63.9 Å². The summed E-state index contributed by atoms with van der Waals surface area (Å²) in [6, 6.07) is 5.35. The number of hydrogen-bond acceptors (Lipinski definition) is 8. The van der Waals surface area contributed by atoms with Gasteiger partial charge in [-0.3, -0.25) is 9.78 Å². The summed E-state index contributed by atoms with van der Waals surface area (Å²) in [5.41, 5.74) is 1.83. The Labute approximate surface area is 183 Å². The van der Waals surface area contributed by atoms with Crippen LogP contribution < -0.4 is 29.6 Å². The SMILES string of the molecule is CN1N=C(c2ccccn2)/C(=C/C=C2/SC=C(CS(=O)(=O)[O-])N2C)C1=O.[Na+]. The zero-order valence-electron chi connectivity index (χ0n) is 15.0. The number of carbonyl (C=O) groups excluding carboxylic acids is 1. The molecule has 2 aliphatic heterocycles. The molecule has 3 heterocycles. The smallest absolute Gasteiger partial charge is 0.748 e. The Morgan fingerprint density at radius 2 is 2.00 bits per heavy atom. The Balaban J connectivity index is 0.00000261. The number of hydrazone groups is 1. The van der Waals surface area contributed by atoms with Crippen LogP contribution in [0.3, 0.4) is 0 Å². The molecule has 0 N–H and O–H groups in total. The van der Waals surface area contributed by atoms with E-state index in [1.807, 2.05) is 6.07 Å². The monoisotopic (exact) mass is 414 g/mol. The zero-order chi connectivity index (χ0) is 18.9. The second kappa shape index (κ2) is 8.72. The van der Waals surface area contributed by atoms with Crippen LogP contribution in [0, 0.1) is 0 Å². The van der Waals surface area contributed by atoms with Crippen LogP contribution in [0.15, 0.2) is 63.4 Å². The van der Waals surface area contributed by atoms with Crippen molar-refractivity contribution in [2.45, 2.75) is 0 Å². The first-order valence-electron chi connectivity index (χ1n) is 7.49. The van der Waals surface area contributed by atoms with Gasteiger partial charge in [0.1, 0.15) is 15.8 Å². The van der Waals surface area contributed by atoms with Gasteiger partial charge in [-0.05, 0) is 29.7 Å². The molecule has 1 amide bonds. The Kier molecular flexibility index (Phi) is 7.06. The summed E-state index contributed by atoms with van der Waals surface area (Å²) in [4.78, 5) is 18.2. The van der Waals surface area contributed by atoms with Crippen LogP contribution in [0.2, 0.25) is 0 Å². The molecule has 136 valence electrons. The number of amides is 1. The number of pyridine rings is 1. The first kappa shape index (κ1) is 21.9. The summed E-state index contributed by atoms with van der Waals surface area (Å²) in [7, 11) is -1.13. The van der Waals surface area contributed by atoms with Crippen LogP contribution in [0.25, 0.3) is 0 Å². The number of allylic oxidation sites excluding steroid dienone is 2. The molecule has 3 rings (SSSR count). The van der Waals surface area contributed by atoms with Gasteiger partial charge >= 0.3 is 29.6 Å². The fraction of sp³-hybridized carbons (Fsp3) is 0.188. The molecule has 8 nitrogen and oxygen atoms in total. The van der Waals surface area contributed by atoms with Crippen molar-refractivity contribution >= 4 is 33.5 Å². The minimum Gasteiger partial charge on any atom is -0.748 e. The maximum atomic E-state index is 12.4. The van der Waals surface area contributed by atoms with Crippen LogP contribution in [-0.2, 0) is 14.9 Å². The van der Waals surface area contributed by atoms with Crippen molar-refractivity contribution in [2.24, 2.45) is 5.10 Å². The predicted octanol–water partition coefficient (Wildman–Crippen LogP) is -1.91. The fourth-order valence-electron chi connectivity index (χ4n) is 2.41. The summed E-state index contributed by atoms with van der Waals surface area (Å²) >= 11 is 1.28. The molecule has 0 unspecified atom stereocenters. The quantitative estimate of drug-likeness (QED) is 0.322. The van der Waals surface area contributed by atoms with Gasteiger partial charge in [0.15, 0.2) is 0 Å². The largest absolute Gasteiger partial charge is 1.00 e. The van der Waals surface area contributed by atoms with Crippen LogP contribution in [-0.4, -0.2) is 59.3 Å². The molecule has 2 aliphatic rings. The van der Waals surface area contributed by atoms with Crippen molar-refractivity contribution in [1.29, 1.82) is 0 Å². The van der Waals surface area contributed by atoms with E-state index in [0.717, 1.165) is 0 Å². The van der Waals surface area contributed by atoms with E-state index in [1.165, 1.54) is 16.8 Å². The summed E-state index contributed by atoms with van der Waals surface area (Å²) in [5, 5.41) is 7.78. The third kappa shape index (κ3) is 5.09. The van der Waals surface area contributed by atoms with E-state index in [2.05, 4.69) is 10.1 Å². The van der Waals surface area contributed by atoms with Crippen LogP contribution >= 0.6 is 11.8 Å². The Morgan fingerprint density at radius 3 is 2.63 bits per heavy atom. The van der Waals surface area contributed by atoms with Crippen molar-refractivity contribution in [1.82, 2.24) is 14.9 Å². The molecule has 0 saturated heterocycles. The van der Waals surface area contributed by atoms with E-state index in [-0.39, 0.29) is 35.5 Å². The molecule has 0 atom stereocenters. The van der Waals surface area contributed by atoms with Gasteiger partial charge in [0.2, 0.25) is 0 Å². The average Bonchev–Trinajstić information content (AvgIpc) is 3.06. The molecule has 0 aromatic carbocycles. The van der Waals surface area contributed by atoms with E-state index in [0.29, 0.717) is 27.7 Å². The number of rotatable bonds is 4. The molecule has 0 aliphatic carbocycles. The molecule has 0 bridgehead atoms. The molecular weight excluding hydrogens is 399 g/mol. The number of carbonyl (C=O) groups is 1. The molecule has 0 saturated carbocycles. The number of likely N-dealkylation sites (N-methyl/N-ethyl adjacent to an activating group) is 1. The maximum Gasteiger partial charge on any atom is 1.00 e. The van der Waals surface area contributed by atoms with Gasteiger partial charge in [-0.1, -0.05) is 17.8 Å². The van der Waals surface area contributed by atoms with Gasteiger partial charge in [0.25, 0.3) is 5.91 Å². The van der Waals surface area contributed by atoms with Crippen molar-refractivity contribution < 1.29 is 47.3 Å². The summed E-state index contributed by atoms with van der Waals surface area (Å²) < 4.78 is 32.8. The van der Waals surface area contributed by atoms with Crippen molar-refractivity contribution in [2.75, 3.05) is 19.8 Å². The second-order valence-electron chi connectivity index (χ2n) is 5.57. The van der Waals surface area contributed by atoms with Gasteiger partial charge in [0.05, 0.1) is 22.0 Å². The second-order valence-corrected chi connectivity index (χ2v) is 7.86. The van der Waals surface area contributed by atoms with Crippen LogP contribution in [0.1, 0.15) is 5.69 Å². The summed E-state index contributed by atoms with van der Waals surface area (Å²) in [5.74, 6) is -0.837. The van der Waals surface area contributed by atoms with Crippen LogP contribution in [0.5, 0.6) is 0 Å². The molecule has 0 spiro atoms. The summed E-state index contributed by atoms with van der Waals surface area (Å²) in [6.07, 6.45) is 4.94. The number of hydrogen-bond donors (Lipinski definition) is 0. The standard InChI is InChI=1S/C16H16N4O4S2.Na/c1-19-11(10-26(22,23)24)9-25-14(19)7-6-12-15(18-20(2)16(12)21)13-5-3-4-8-17-13;/h3-9H,10H2,1-2H3,(H,22,23,24);/q;+1/p-1/b12-6-,14-7+;. The van der Waals surface area contributed by atoms with Gasteiger partial charge in [-0.2, -0.15) is 5.10 Å². The zero-order valence-corrected chi connectivity index (χ0v) is 18.6. The third-order valence-corrected chi connectivity index (χ3v) is 5.42. The molecular formula is C16H15N4NaO4S2. The molecule has 0 fully saturated rings. The van der Waals surface area contributed by atoms with E-state index in [4.69, 9.17) is 0 Å². The van der Waals surface area contributed by atoms with Gasteiger partial charge in [-0.25, -0.2) is 13.4 Å². The number of thioether (sulfide) groups is 1. The molecule has 27 heavy (non-hydrogen) atoms. The fourth-order valence-corrected chi connectivity index (χ4v) is 4.08. The van der Waals surface area contributed by atoms with Gasteiger partial charge < -0.3 is 9.45 Å². The van der Waals surface area contributed by atoms with Crippen LogP contribution in [0.4, 0.5) is 0 Å². The van der Waals surface area contributed by atoms with Crippen molar-refractivity contribution in [3.63, 3.8) is 0 Å².